The van der Waals surface area contributed by atoms with E-state index in [0.29, 0.717) is 23.4 Å². The summed E-state index contributed by atoms with van der Waals surface area (Å²) in [4.78, 5) is 20.7. The van der Waals surface area contributed by atoms with Gasteiger partial charge in [0.15, 0.2) is 12.4 Å². The van der Waals surface area contributed by atoms with Crippen molar-refractivity contribution in [2.24, 2.45) is 0 Å². The van der Waals surface area contributed by atoms with Crippen molar-refractivity contribution in [1.29, 1.82) is 0 Å². The number of hydrogen-bond donors (Lipinski definition) is 3. The molecule has 9 heteroatoms. The molecule has 27 heavy (non-hydrogen) atoms. The van der Waals surface area contributed by atoms with Crippen molar-refractivity contribution in [1.82, 2.24) is 19.9 Å². The van der Waals surface area contributed by atoms with Crippen molar-refractivity contribution >= 4 is 49.8 Å². The average Bonchev–Trinajstić information content (AvgIpc) is 2.91. The van der Waals surface area contributed by atoms with Crippen LogP contribution in [0.15, 0.2) is 22.7 Å². The molecule has 0 fully saturated rings. The Hall–Kier alpha value is -2.39. The molecule has 1 amide bonds. The second-order valence-corrected chi connectivity index (χ2v) is 7.80. The highest BCUT2D eigenvalue weighted by Gasteiger charge is 2.23. The van der Waals surface area contributed by atoms with Crippen LogP contribution in [0.1, 0.15) is 26.6 Å². The molecule has 0 saturated carbocycles. The maximum Gasteiger partial charge on any atom is 0.407 e. The van der Waals surface area contributed by atoms with Crippen LogP contribution in [0.3, 0.4) is 0 Å². The summed E-state index contributed by atoms with van der Waals surface area (Å²) in [6.45, 7) is 5.89. The molecule has 4 N–H and O–H groups in total. The number of nitrogens with zero attached hydrogens (tertiary/aromatic N) is 3. The zero-order valence-electron chi connectivity index (χ0n) is 15.4. The number of imidazole rings is 1. The van der Waals surface area contributed by atoms with E-state index < -0.39 is 11.7 Å². The van der Waals surface area contributed by atoms with Crippen LogP contribution in [0.2, 0.25) is 0 Å². The first-order valence-corrected chi connectivity index (χ1v) is 9.35. The molecule has 0 bridgehead atoms. The highest BCUT2D eigenvalue weighted by Crippen LogP contribution is 2.31. The standard InChI is InChI=1S/C18H22BrN5O3/c1-4-21-17(25)27-8-13-23-14-15(24(13)9-18(2,3)26)11-6-5-10(19)7-12(11)22-16(14)20/h5-7,26H,4,8-9H2,1-3H3,(H2,20,22)(H,21,25). The number of fused-ring (bicyclic) bond motifs is 3. The lowest BCUT2D eigenvalue weighted by Crippen LogP contribution is -2.28. The van der Waals surface area contributed by atoms with E-state index in [2.05, 4.69) is 31.2 Å². The summed E-state index contributed by atoms with van der Waals surface area (Å²) in [6.07, 6.45) is -0.528. The van der Waals surface area contributed by atoms with Gasteiger partial charge >= 0.3 is 6.09 Å². The van der Waals surface area contributed by atoms with Gasteiger partial charge in [0.25, 0.3) is 0 Å². The summed E-state index contributed by atoms with van der Waals surface area (Å²) in [6, 6.07) is 5.70. The molecule has 3 aromatic rings. The van der Waals surface area contributed by atoms with Crippen molar-refractivity contribution in [2.45, 2.75) is 39.5 Å². The lowest BCUT2D eigenvalue weighted by Gasteiger charge is -2.20. The summed E-state index contributed by atoms with van der Waals surface area (Å²) < 4.78 is 7.96. The van der Waals surface area contributed by atoms with E-state index in [1.54, 1.807) is 20.8 Å². The number of hydrogen-bond acceptors (Lipinski definition) is 6. The van der Waals surface area contributed by atoms with Crippen LogP contribution < -0.4 is 11.1 Å². The van der Waals surface area contributed by atoms with Gasteiger partial charge in [-0.2, -0.15) is 0 Å². The van der Waals surface area contributed by atoms with E-state index in [9.17, 15) is 9.90 Å². The van der Waals surface area contributed by atoms with Crippen molar-refractivity contribution in [3.8, 4) is 0 Å². The molecule has 2 aromatic heterocycles. The summed E-state index contributed by atoms with van der Waals surface area (Å²) >= 11 is 3.44. The highest BCUT2D eigenvalue weighted by atomic mass is 79.9. The maximum absolute atomic E-state index is 11.7. The first-order chi connectivity index (χ1) is 12.7. The molecular weight excluding hydrogens is 414 g/mol. The van der Waals surface area contributed by atoms with Crippen molar-refractivity contribution in [3.05, 3.63) is 28.5 Å². The fourth-order valence-corrected chi connectivity index (χ4v) is 3.27. The minimum atomic E-state index is -1.01. The molecule has 1 aromatic carbocycles. The van der Waals surface area contributed by atoms with Crippen LogP contribution in [0, 0.1) is 0 Å². The van der Waals surface area contributed by atoms with Crippen molar-refractivity contribution in [2.75, 3.05) is 12.3 Å². The molecule has 0 aliphatic rings. The number of benzene rings is 1. The first kappa shape index (κ1) is 19.4. The van der Waals surface area contributed by atoms with Gasteiger partial charge in [-0.3, -0.25) is 0 Å². The Bertz CT molecular complexity index is 1010. The van der Waals surface area contributed by atoms with Gasteiger partial charge < -0.3 is 25.5 Å². The van der Waals surface area contributed by atoms with Crippen LogP contribution in [0.25, 0.3) is 21.9 Å². The van der Waals surface area contributed by atoms with Gasteiger partial charge in [-0.05, 0) is 39.0 Å². The number of aliphatic hydroxyl groups is 1. The number of pyridine rings is 1. The lowest BCUT2D eigenvalue weighted by atomic mass is 10.1. The average molecular weight is 436 g/mol. The van der Waals surface area contributed by atoms with E-state index in [4.69, 9.17) is 10.5 Å². The SMILES string of the molecule is CCNC(=O)OCc1nc2c(N)nc3cc(Br)ccc3c2n1CC(C)(C)O. The molecule has 0 aliphatic heterocycles. The van der Waals surface area contributed by atoms with Gasteiger partial charge in [0.2, 0.25) is 0 Å². The highest BCUT2D eigenvalue weighted by molar-refractivity contribution is 9.10. The summed E-state index contributed by atoms with van der Waals surface area (Å²) in [5.41, 5.74) is 7.11. The number of nitrogen functional groups attached to an aromatic ring is 1. The second kappa shape index (κ2) is 7.32. The van der Waals surface area contributed by atoms with E-state index in [1.807, 2.05) is 22.8 Å². The monoisotopic (exact) mass is 435 g/mol. The number of halogens is 1. The Morgan fingerprint density at radius 2 is 2.15 bits per heavy atom. The van der Waals surface area contributed by atoms with E-state index in [0.717, 1.165) is 15.4 Å². The lowest BCUT2D eigenvalue weighted by molar-refractivity contribution is 0.0601. The predicted molar refractivity (Wildman–Crippen MR) is 107 cm³/mol. The zero-order chi connectivity index (χ0) is 19.8. The van der Waals surface area contributed by atoms with Crippen LogP contribution >= 0.6 is 15.9 Å². The molecule has 0 saturated heterocycles. The minimum Gasteiger partial charge on any atom is -0.441 e. The van der Waals surface area contributed by atoms with Crippen LogP contribution in [-0.2, 0) is 17.9 Å². The smallest absolute Gasteiger partial charge is 0.407 e. The quantitative estimate of drug-likeness (QED) is 0.567. The number of amides is 1. The molecule has 144 valence electrons. The zero-order valence-corrected chi connectivity index (χ0v) is 17.0. The van der Waals surface area contributed by atoms with Crippen LogP contribution in [0.4, 0.5) is 10.6 Å². The second-order valence-electron chi connectivity index (χ2n) is 6.89. The normalized spacial score (nSPS) is 11.9. The van der Waals surface area contributed by atoms with Crippen LogP contribution in [-0.4, -0.2) is 37.9 Å². The Morgan fingerprint density at radius 3 is 2.81 bits per heavy atom. The first-order valence-electron chi connectivity index (χ1n) is 8.56. The number of nitrogens with one attached hydrogen (secondary N) is 1. The molecule has 0 atom stereocenters. The predicted octanol–water partition coefficient (Wildman–Crippen LogP) is 2.95. The number of carbonyl (C=O) groups is 1. The number of rotatable bonds is 5. The van der Waals surface area contributed by atoms with E-state index >= 15 is 0 Å². The van der Waals surface area contributed by atoms with Gasteiger partial charge in [-0.25, -0.2) is 14.8 Å². The topological polar surface area (TPSA) is 115 Å². The fourth-order valence-electron chi connectivity index (χ4n) is 2.92. The third-order valence-corrected chi connectivity index (χ3v) is 4.44. The Labute approximate surface area is 164 Å². The van der Waals surface area contributed by atoms with Gasteiger partial charge in [0.05, 0.1) is 23.2 Å². The number of aromatic nitrogens is 3. The number of alkyl carbamates (subject to hydrolysis) is 1. The minimum absolute atomic E-state index is 0.0476. The number of ether oxygens (including phenoxy) is 1. The molecule has 2 heterocycles. The van der Waals surface area contributed by atoms with Gasteiger partial charge in [-0.1, -0.05) is 15.9 Å². The Kier molecular flexibility index (Phi) is 5.25. The third kappa shape index (κ3) is 4.14. The summed E-state index contributed by atoms with van der Waals surface area (Å²) in [5, 5.41) is 13.8. The largest absolute Gasteiger partial charge is 0.441 e. The number of nitrogens with two attached hydrogens (primary N) is 1. The molecule has 0 radical (unpaired) electrons. The van der Waals surface area contributed by atoms with E-state index in [-0.39, 0.29) is 19.0 Å². The molecular formula is C18H22BrN5O3. The number of carbonyl (C=O) groups excluding carboxylic acids is 1. The molecule has 8 nitrogen and oxygen atoms in total. The molecule has 0 aliphatic carbocycles. The van der Waals surface area contributed by atoms with Crippen molar-refractivity contribution < 1.29 is 14.6 Å². The Morgan fingerprint density at radius 1 is 1.41 bits per heavy atom. The van der Waals surface area contributed by atoms with Gasteiger partial charge in [0, 0.05) is 16.4 Å². The number of anilines is 1. The molecule has 0 spiro atoms. The van der Waals surface area contributed by atoms with Crippen LogP contribution in [0.5, 0.6) is 0 Å². The van der Waals surface area contributed by atoms with Gasteiger partial charge in [0.1, 0.15) is 11.3 Å². The van der Waals surface area contributed by atoms with Gasteiger partial charge in [-0.15, -0.1) is 0 Å². The van der Waals surface area contributed by atoms with Crippen molar-refractivity contribution in [3.63, 3.8) is 0 Å². The molecule has 3 rings (SSSR count). The summed E-state index contributed by atoms with van der Waals surface area (Å²) in [5.74, 6) is 0.770. The Balaban J connectivity index is 2.19. The van der Waals surface area contributed by atoms with E-state index in [1.165, 1.54) is 0 Å². The molecule has 0 unspecified atom stereocenters. The summed E-state index contributed by atoms with van der Waals surface area (Å²) in [7, 11) is 0. The maximum atomic E-state index is 11.7. The fraction of sp³-hybridized carbons (Fsp3) is 0.389. The third-order valence-electron chi connectivity index (χ3n) is 3.94.